The fraction of sp³-hybridized carbons (Fsp3) is 0.500. The first-order chi connectivity index (χ1) is 11.6. The molecule has 0 unspecified atom stereocenters. The van der Waals surface area contributed by atoms with Crippen LogP contribution < -0.4 is 5.73 Å². The number of aliphatic hydroxyl groups excluding tert-OH is 2. The summed E-state index contributed by atoms with van der Waals surface area (Å²) in [6.07, 6.45) is -6.62. The lowest BCUT2D eigenvalue weighted by molar-refractivity contribution is -0.0504. The molecule has 23 heavy (non-hydrogen) atoms. The van der Waals surface area contributed by atoms with Gasteiger partial charge in [0.15, 0.2) is 17.7 Å². The molecule has 126 valence electrons. The molecule has 0 saturated carbocycles. The molecule has 0 aliphatic carbocycles. The number of nitrogen functional groups attached to an aromatic ring is 1. The molecule has 12 nitrogen and oxygen atoms in total. The van der Waals surface area contributed by atoms with E-state index in [-0.39, 0.29) is 17.0 Å². The van der Waals surface area contributed by atoms with Crippen LogP contribution in [-0.4, -0.2) is 64.4 Å². The van der Waals surface area contributed by atoms with Gasteiger partial charge in [0.1, 0.15) is 32.9 Å². The van der Waals surface area contributed by atoms with Gasteiger partial charge in [-0.3, -0.25) is 9.09 Å². The molecule has 0 radical (unpaired) electrons. The molecule has 3 heterocycles. The number of nitrogens with zero attached hydrogens (tertiary/aromatic N) is 4. The Bertz CT molecular complexity index is 860. The van der Waals surface area contributed by atoms with Crippen LogP contribution in [0.5, 0.6) is 0 Å². The van der Waals surface area contributed by atoms with Gasteiger partial charge in [-0.2, -0.15) is 0 Å². The summed E-state index contributed by atoms with van der Waals surface area (Å²) < 4.78 is 36.8. The van der Waals surface area contributed by atoms with Crippen LogP contribution in [0.3, 0.4) is 0 Å². The Kier molecular flexibility index (Phi) is 3.44. The van der Waals surface area contributed by atoms with E-state index in [4.69, 9.17) is 23.0 Å². The van der Waals surface area contributed by atoms with Gasteiger partial charge in [0.05, 0.1) is 12.9 Å². The van der Waals surface area contributed by atoms with E-state index < -0.39 is 51.6 Å². The zero-order valence-electron chi connectivity index (χ0n) is 13.3. The van der Waals surface area contributed by atoms with Crippen molar-refractivity contribution in [3.63, 3.8) is 0 Å². The summed E-state index contributed by atoms with van der Waals surface area (Å²) in [6.45, 7) is -0.695. The van der Waals surface area contributed by atoms with Gasteiger partial charge in [0.25, 0.3) is 0 Å². The van der Waals surface area contributed by atoms with Crippen molar-refractivity contribution in [1.29, 1.82) is 0 Å². The van der Waals surface area contributed by atoms with Crippen molar-refractivity contribution in [3.8, 4) is 0 Å². The van der Waals surface area contributed by atoms with Crippen molar-refractivity contribution in [2.45, 2.75) is 24.5 Å². The Labute approximate surface area is 131 Å². The standard InChI is InChI=1S/C10H14N5O7P/c11-8-5-9(13-2-12-8)15(3-14-5)10-7(17)6(16)4(22-10)1-21-23(18,19)20/h2-4,6-7,10,16-17H,1H2,(H2,11,12,13)(H2,18,19,20)/t4-,6-,7-,10-/m1/s1/i2T,3T. The van der Waals surface area contributed by atoms with Crippen molar-refractivity contribution < 1.29 is 36.6 Å². The minimum Gasteiger partial charge on any atom is -0.387 e. The number of anilines is 1. The van der Waals surface area contributed by atoms with Gasteiger partial charge in [-0.25, -0.2) is 19.5 Å². The summed E-state index contributed by atoms with van der Waals surface area (Å²) in [7, 11) is -4.80. The molecule has 1 fully saturated rings. The Morgan fingerprint density at radius 3 is 2.83 bits per heavy atom. The highest BCUT2D eigenvalue weighted by atomic mass is 31.2. The van der Waals surface area contributed by atoms with E-state index in [2.05, 4.69) is 19.5 Å². The van der Waals surface area contributed by atoms with Gasteiger partial charge < -0.3 is 30.5 Å². The average Bonchev–Trinajstić information content (AvgIpc) is 2.95. The van der Waals surface area contributed by atoms with Crippen LogP contribution in [0.25, 0.3) is 11.2 Å². The number of hydrogen-bond donors (Lipinski definition) is 5. The molecule has 1 aliphatic rings. The number of imidazole rings is 1. The summed E-state index contributed by atoms with van der Waals surface area (Å²) >= 11 is 0. The second-order valence-corrected chi connectivity index (χ2v) is 6.03. The predicted octanol–water partition coefficient (Wildman–Crippen LogP) is -1.86. The van der Waals surface area contributed by atoms with E-state index in [1.165, 1.54) is 0 Å². The Balaban J connectivity index is 1.95. The summed E-state index contributed by atoms with van der Waals surface area (Å²) in [5, 5.41) is 20.2. The number of rotatable bonds is 4. The van der Waals surface area contributed by atoms with E-state index in [0.717, 1.165) is 4.57 Å². The highest BCUT2D eigenvalue weighted by molar-refractivity contribution is 7.46. The number of ether oxygens (including phenoxy) is 1. The number of aromatic nitrogens is 4. The van der Waals surface area contributed by atoms with Gasteiger partial charge in [0.2, 0.25) is 0 Å². The minimum absolute atomic E-state index is 0.0150. The number of fused-ring (bicyclic) bond motifs is 1. The third-order valence-corrected chi connectivity index (χ3v) is 3.76. The SMILES string of the molecule is [3H]c1nc(N)c2nc([3H])n([C@@H]3O[C@H](COP(=O)(O)O)[C@@H](O)[C@H]3O)c2n1. The van der Waals surface area contributed by atoms with Crippen LogP contribution >= 0.6 is 7.82 Å². The molecule has 4 atom stereocenters. The number of phosphoric ester groups is 1. The maximum atomic E-state index is 10.8. The van der Waals surface area contributed by atoms with E-state index >= 15 is 0 Å². The van der Waals surface area contributed by atoms with Gasteiger partial charge in [-0.1, -0.05) is 0 Å². The first-order valence-electron chi connectivity index (χ1n) is 7.29. The molecular weight excluding hydrogens is 333 g/mol. The molecule has 6 N–H and O–H groups in total. The van der Waals surface area contributed by atoms with Crippen LogP contribution in [-0.2, 0) is 13.8 Å². The van der Waals surface area contributed by atoms with Gasteiger partial charge in [-0.05, 0) is 0 Å². The highest BCUT2D eigenvalue weighted by Crippen LogP contribution is 2.38. The van der Waals surface area contributed by atoms with E-state index in [0.29, 0.717) is 0 Å². The molecule has 2 aromatic heterocycles. The van der Waals surface area contributed by atoms with Crippen molar-refractivity contribution in [2.75, 3.05) is 12.3 Å². The summed E-state index contributed by atoms with van der Waals surface area (Å²) in [4.78, 5) is 28.7. The number of hydrogen-bond acceptors (Lipinski definition) is 9. The molecule has 1 aliphatic heterocycles. The Morgan fingerprint density at radius 2 is 2.13 bits per heavy atom. The number of nitrogens with two attached hydrogens (primary N) is 1. The minimum atomic E-state index is -4.80. The van der Waals surface area contributed by atoms with Crippen molar-refractivity contribution in [1.82, 2.24) is 19.5 Å². The molecule has 0 aromatic carbocycles. The maximum Gasteiger partial charge on any atom is 0.469 e. The number of phosphoric acid groups is 1. The van der Waals surface area contributed by atoms with E-state index in [9.17, 15) is 14.8 Å². The fourth-order valence-electron chi connectivity index (χ4n) is 2.20. The van der Waals surface area contributed by atoms with Crippen LogP contribution in [0, 0.1) is 0 Å². The van der Waals surface area contributed by atoms with Crippen molar-refractivity contribution >= 4 is 24.8 Å². The summed E-state index contributed by atoms with van der Waals surface area (Å²) in [5.41, 5.74) is 5.59. The first kappa shape index (κ1) is 13.7. The third kappa shape index (κ3) is 3.05. The zero-order valence-corrected chi connectivity index (χ0v) is 12.2. The largest absolute Gasteiger partial charge is 0.469 e. The van der Waals surface area contributed by atoms with Crippen LogP contribution in [0.15, 0.2) is 12.6 Å². The molecule has 3 rings (SSSR count). The molecule has 0 bridgehead atoms. The number of aliphatic hydroxyl groups is 2. The highest BCUT2D eigenvalue weighted by Gasteiger charge is 2.45. The van der Waals surface area contributed by atoms with Crippen molar-refractivity contribution in [2.24, 2.45) is 0 Å². The molecular formula is C10H14N5O7P. The van der Waals surface area contributed by atoms with Crippen molar-refractivity contribution in [3.05, 3.63) is 12.6 Å². The quantitative estimate of drug-likeness (QED) is 0.389. The maximum absolute atomic E-state index is 10.8. The van der Waals surface area contributed by atoms with Gasteiger partial charge in [-0.15, -0.1) is 0 Å². The lowest BCUT2D eigenvalue weighted by atomic mass is 10.1. The Morgan fingerprint density at radius 1 is 1.39 bits per heavy atom. The smallest absolute Gasteiger partial charge is 0.387 e. The van der Waals surface area contributed by atoms with Gasteiger partial charge in [0, 0.05) is 0 Å². The van der Waals surface area contributed by atoms with E-state index in [1.54, 1.807) is 0 Å². The first-order valence-corrected chi connectivity index (χ1v) is 7.82. The Hall–Kier alpha value is -1.66. The second kappa shape index (κ2) is 5.76. The van der Waals surface area contributed by atoms with E-state index in [1.807, 2.05) is 0 Å². The predicted molar refractivity (Wildman–Crippen MR) is 73.7 cm³/mol. The molecule has 0 spiro atoms. The lowest BCUT2D eigenvalue weighted by Crippen LogP contribution is -2.33. The third-order valence-electron chi connectivity index (χ3n) is 3.28. The molecule has 0 amide bonds. The van der Waals surface area contributed by atoms with Crippen LogP contribution in [0.4, 0.5) is 5.82 Å². The molecule has 1 saturated heterocycles. The summed E-state index contributed by atoms with van der Waals surface area (Å²) in [6, 6.07) is 0. The monoisotopic (exact) mass is 351 g/mol. The lowest BCUT2D eigenvalue weighted by Gasteiger charge is -2.16. The second-order valence-electron chi connectivity index (χ2n) is 4.80. The molecule has 2 aromatic rings. The zero-order chi connectivity index (χ0) is 18.5. The topological polar surface area (TPSA) is 186 Å². The van der Waals surface area contributed by atoms with Gasteiger partial charge >= 0.3 is 7.82 Å². The van der Waals surface area contributed by atoms with Crippen LogP contribution in [0.1, 0.15) is 8.97 Å². The fourth-order valence-corrected chi connectivity index (χ4v) is 2.54. The molecule has 13 heteroatoms. The normalized spacial score (nSPS) is 29.7. The van der Waals surface area contributed by atoms with Crippen LogP contribution in [0.2, 0.25) is 0 Å². The average molecular weight is 351 g/mol. The summed E-state index contributed by atoms with van der Waals surface area (Å²) in [5.74, 6) is -0.142.